The van der Waals surface area contributed by atoms with Gasteiger partial charge in [0.15, 0.2) is 0 Å². The van der Waals surface area contributed by atoms with E-state index in [1.54, 1.807) is 24.5 Å². The molecule has 0 saturated heterocycles. The van der Waals surface area contributed by atoms with Crippen molar-refractivity contribution in [3.63, 3.8) is 0 Å². The molecule has 1 heterocycles. The van der Waals surface area contributed by atoms with Gasteiger partial charge in [0.1, 0.15) is 16.8 Å². The summed E-state index contributed by atoms with van der Waals surface area (Å²) in [4.78, 5) is 5.59. The SMILES string of the molecule is COc1cc(CNC(C)c2ncc(C)s2)ccc1C#N. The van der Waals surface area contributed by atoms with Crippen molar-refractivity contribution in [3.8, 4) is 11.8 Å². The van der Waals surface area contributed by atoms with Gasteiger partial charge in [0, 0.05) is 17.6 Å². The van der Waals surface area contributed by atoms with E-state index < -0.39 is 0 Å². The number of hydrogen-bond acceptors (Lipinski definition) is 5. The van der Waals surface area contributed by atoms with Gasteiger partial charge in [-0.3, -0.25) is 0 Å². The van der Waals surface area contributed by atoms with Crippen LogP contribution in [0.2, 0.25) is 0 Å². The van der Waals surface area contributed by atoms with E-state index in [0.29, 0.717) is 17.9 Å². The minimum atomic E-state index is 0.204. The Morgan fingerprint density at radius 1 is 1.50 bits per heavy atom. The molecule has 1 aromatic heterocycles. The van der Waals surface area contributed by atoms with Gasteiger partial charge >= 0.3 is 0 Å². The van der Waals surface area contributed by atoms with Gasteiger partial charge in [-0.2, -0.15) is 5.26 Å². The zero-order valence-electron chi connectivity index (χ0n) is 11.8. The van der Waals surface area contributed by atoms with Crippen LogP contribution in [-0.4, -0.2) is 12.1 Å². The van der Waals surface area contributed by atoms with Gasteiger partial charge in [0.2, 0.25) is 0 Å². The second-order valence-corrected chi connectivity index (χ2v) is 5.82. The van der Waals surface area contributed by atoms with Gasteiger partial charge in [0.25, 0.3) is 0 Å². The van der Waals surface area contributed by atoms with Crippen molar-refractivity contribution in [3.05, 3.63) is 45.4 Å². The number of thiazole rings is 1. The fourth-order valence-corrected chi connectivity index (χ4v) is 2.67. The Hall–Kier alpha value is -1.90. The minimum absolute atomic E-state index is 0.204. The molecule has 2 aromatic rings. The zero-order chi connectivity index (χ0) is 14.5. The van der Waals surface area contributed by atoms with Gasteiger partial charge in [-0.1, -0.05) is 6.07 Å². The van der Waals surface area contributed by atoms with Crippen molar-refractivity contribution in [2.45, 2.75) is 26.4 Å². The van der Waals surface area contributed by atoms with Gasteiger partial charge in [-0.25, -0.2) is 4.98 Å². The van der Waals surface area contributed by atoms with Crippen LogP contribution in [0.15, 0.2) is 24.4 Å². The lowest BCUT2D eigenvalue weighted by atomic mass is 10.1. The summed E-state index contributed by atoms with van der Waals surface area (Å²) >= 11 is 1.70. The minimum Gasteiger partial charge on any atom is -0.495 e. The summed E-state index contributed by atoms with van der Waals surface area (Å²) in [6.45, 7) is 4.86. The molecule has 5 heteroatoms. The number of ether oxygens (including phenoxy) is 1. The molecule has 4 nitrogen and oxygen atoms in total. The van der Waals surface area contributed by atoms with E-state index in [9.17, 15) is 0 Å². The molecule has 0 aliphatic rings. The Kier molecular flexibility index (Phi) is 4.72. The van der Waals surface area contributed by atoms with E-state index >= 15 is 0 Å². The number of methoxy groups -OCH3 is 1. The first-order valence-corrected chi connectivity index (χ1v) is 7.18. The van der Waals surface area contributed by atoms with Crippen LogP contribution in [0.5, 0.6) is 5.75 Å². The molecule has 0 aliphatic carbocycles. The fourth-order valence-electron chi connectivity index (χ4n) is 1.87. The number of aryl methyl sites for hydroxylation is 1. The maximum Gasteiger partial charge on any atom is 0.136 e. The van der Waals surface area contributed by atoms with Crippen molar-refractivity contribution >= 4 is 11.3 Å². The highest BCUT2D eigenvalue weighted by molar-refractivity contribution is 7.11. The number of nitriles is 1. The highest BCUT2D eigenvalue weighted by Gasteiger charge is 2.09. The van der Waals surface area contributed by atoms with Gasteiger partial charge < -0.3 is 10.1 Å². The molecule has 0 amide bonds. The summed E-state index contributed by atoms with van der Waals surface area (Å²) in [6, 6.07) is 7.94. The first kappa shape index (κ1) is 14.5. The molecule has 1 unspecified atom stereocenters. The molecule has 0 fully saturated rings. The van der Waals surface area contributed by atoms with Gasteiger partial charge in [0.05, 0.1) is 18.7 Å². The molecule has 1 N–H and O–H groups in total. The number of benzene rings is 1. The molecule has 0 spiro atoms. The van der Waals surface area contributed by atoms with Crippen molar-refractivity contribution in [2.75, 3.05) is 7.11 Å². The molecule has 0 radical (unpaired) electrons. The third-order valence-corrected chi connectivity index (χ3v) is 4.10. The molecular formula is C15H17N3OS. The van der Waals surface area contributed by atoms with E-state index in [0.717, 1.165) is 10.6 Å². The van der Waals surface area contributed by atoms with E-state index in [-0.39, 0.29) is 6.04 Å². The predicted octanol–water partition coefficient (Wildman–Crippen LogP) is 3.18. The fraction of sp³-hybridized carbons (Fsp3) is 0.333. The van der Waals surface area contributed by atoms with Crippen LogP contribution in [0.25, 0.3) is 0 Å². The van der Waals surface area contributed by atoms with Crippen LogP contribution in [0.4, 0.5) is 0 Å². The second-order valence-electron chi connectivity index (χ2n) is 4.56. The van der Waals surface area contributed by atoms with Crippen LogP contribution in [0.1, 0.15) is 34.0 Å². The molecule has 0 saturated carbocycles. The Labute approximate surface area is 123 Å². The Balaban J connectivity index is 2.02. The Morgan fingerprint density at radius 3 is 2.90 bits per heavy atom. The monoisotopic (exact) mass is 287 g/mol. The average molecular weight is 287 g/mol. The van der Waals surface area contributed by atoms with Crippen molar-refractivity contribution in [1.29, 1.82) is 5.26 Å². The summed E-state index contributed by atoms with van der Waals surface area (Å²) in [7, 11) is 1.58. The Bertz CT molecular complexity index is 630. The van der Waals surface area contributed by atoms with Crippen molar-refractivity contribution < 1.29 is 4.74 Å². The third-order valence-electron chi connectivity index (χ3n) is 3.01. The zero-order valence-corrected chi connectivity index (χ0v) is 12.6. The third kappa shape index (κ3) is 3.35. The summed E-state index contributed by atoms with van der Waals surface area (Å²) in [5.74, 6) is 0.615. The average Bonchev–Trinajstić information content (AvgIpc) is 2.91. The predicted molar refractivity (Wildman–Crippen MR) is 79.8 cm³/mol. The normalized spacial score (nSPS) is 11.9. The molecule has 2 rings (SSSR count). The highest BCUT2D eigenvalue weighted by Crippen LogP contribution is 2.21. The van der Waals surface area contributed by atoms with E-state index in [1.165, 1.54) is 4.88 Å². The molecular weight excluding hydrogens is 270 g/mol. The molecule has 20 heavy (non-hydrogen) atoms. The second kappa shape index (κ2) is 6.51. The standard InChI is InChI=1S/C15H17N3OS/c1-10-8-18-15(20-10)11(2)17-9-12-4-5-13(7-16)14(6-12)19-3/h4-6,8,11,17H,9H2,1-3H3. The first-order valence-electron chi connectivity index (χ1n) is 6.36. The van der Waals surface area contributed by atoms with E-state index in [2.05, 4.69) is 30.2 Å². The Morgan fingerprint density at radius 2 is 2.30 bits per heavy atom. The quantitative estimate of drug-likeness (QED) is 0.917. The van der Waals surface area contributed by atoms with Crippen LogP contribution in [0.3, 0.4) is 0 Å². The van der Waals surface area contributed by atoms with E-state index in [1.807, 2.05) is 18.3 Å². The van der Waals surface area contributed by atoms with Crippen LogP contribution >= 0.6 is 11.3 Å². The van der Waals surface area contributed by atoms with Gasteiger partial charge in [-0.15, -0.1) is 11.3 Å². The summed E-state index contributed by atoms with van der Waals surface area (Å²) in [5.41, 5.74) is 1.64. The number of rotatable bonds is 5. The summed E-state index contributed by atoms with van der Waals surface area (Å²) in [5, 5.41) is 13.5. The number of hydrogen-bond donors (Lipinski definition) is 1. The number of nitrogens with one attached hydrogen (secondary N) is 1. The molecule has 1 atom stereocenters. The smallest absolute Gasteiger partial charge is 0.136 e. The largest absolute Gasteiger partial charge is 0.495 e. The molecule has 0 aliphatic heterocycles. The van der Waals surface area contributed by atoms with Gasteiger partial charge in [-0.05, 0) is 31.5 Å². The lowest BCUT2D eigenvalue weighted by Crippen LogP contribution is -2.17. The molecule has 1 aromatic carbocycles. The summed E-state index contributed by atoms with van der Waals surface area (Å²) < 4.78 is 5.21. The highest BCUT2D eigenvalue weighted by atomic mass is 32.1. The van der Waals surface area contributed by atoms with Crippen LogP contribution in [0, 0.1) is 18.3 Å². The summed E-state index contributed by atoms with van der Waals surface area (Å²) in [6.07, 6.45) is 1.89. The van der Waals surface area contributed by atoms with Crippen LogP contribution in [-0.2, 0) is 6.54 Å². The first-order chi connectivity index (χ1) is 9.63. The maximum absolute atomic E-state index is 8.96. The maximum atomic E-state index is 8.96. The topological polar surface area (TPSA) is 57.9 Å². The van der Waals surface area contributed by atoms with E-state index in [4.69, 9.17) is 10.00 Å². The van der Waals surface area contributed by atoms with Crippen LogP contribution < -0.4 is 10.1 Å². The lowest BCUT2D eigenvalue weighted by molar-refractivity contribution is 0.412. The lowest BCUT2D eigenvalue weighted by Gasteiger charge is -2.12. The number of nitrogens with zero attached hydrogens (tertiary/aromatic N) is 2. The molecule has 0 bridgehead atoms. The van der Waals surface area contributed by atoms with Crippen molar-refractivity contribution in [1.82, 2.24) is 10.3 Å². The number of aromatic nitrogens is 1. The van der Waals surface area contributed by atoms with Crippen molar-refractivity contribution in [2.24, 2.45) is 0 Å². The molecule has 104 valence electrons.